The second-order valence-electron chi connectivity index (χ2n) is 9.60. The van der Waals surface area contributed by atoms with E-state index in [1.807, 2.05) is 93.6 Å². The lowest BCUT2D eigenvalue weighted by atomic mass is 10.1. The van der Waals surface area contributed by atoms with Gasteiger partial charge in [0.1, 0.15) is 6.61 Å². The zero-order valence-electron chi connectivity index (χ0n) is 23.2. The van der Waals surface area contributed by atoms with E-state index in [2.05, 4.69) is 15.9 Å². The minimum Gasteiger partial charge on any atom is -0.490 e. The van der Waals surface area contributed by atoms with Gasteiger partial charge >= 0.3 is 0 Å². The number of benzene rings is 4. The number of aliphatic imine (C=N–C) groups is 1. The van der Waals surface area contributed by atoms with Gasteiger partial charge < -0.3 is 9.47 Å². The number of rotatable bonds is 8. The molecule has 0 bridgehead atoms. The second-order valence-corrected chi connectivity index (χ2v) is 12.3. The predicted molar refractivity (Wildman–Crippen MR) is 179 cm³/mol. The van der Waals surface area contributed by atoms with Crippen molar-refractivity contribution in [1.82, 2.24) is 0 Å². The molecule has 0 spiro atoms. The maximum atomic E-state index is 13.8. The number of anilines is 1. The molecule has 1 saturated heterocycles. The predicted octanol–water partition coefficient (Wildman–Crippen LogP) is 10.2. The van der Waals surface area contributed by atoms with E-state index in [0.717, 1.165) is 33.6 Å². The Bertz CT molecular complexity index is 1690. The number of carbonyl (C=O) groups excluding carboxylic acids is 1. The topological polar surface area (TPSA) is 51.1 Å². The first kappa shape index (κ1) is 30.2. The van der Waals surface area contributed by atoms with E-state index in [9.17, 15) is 4.79 Å². The van der Waals surface area contributed by atoms with Crippen LogP contribution in [0.15, 0.2) is 93.2 Å². The number of amides is 1. The van der Waals surface area contributed by atoms with Gasteiger partial charge in [0.05, 0.1) is 27.4 Å². The van der Waals surface area contributed by atoms with Gasteiger partial charge in [-0.2, -0.15) is 0 Å². The van der Waals surface area contributed by atoms with E-state index in [1.165, 1.54) is 11.8 Å². The van der Waals surface area contributed by atoms with E-state index < -0.39 is 0 Å². The molecule has 0 saturated carbocycles. The molecule has 5 rings (SSSR count). The Labute approximate surface area is 268 Å². The molecule has 0 atom stereocenters. The summed E-state index contributed by atoms with van der Waals surface area (Å²) in [6.45, 7) is 6.62. The summed E-state index contributed by atoms with van der Waals surface area (Å²) in [7, 11) is 0. The number of ether oxygens (including phenoxy) is 2. The SMILES string of the molecule is CCOc1cc(/C=C2\SC(=Nc3ccc(C)cc3)N(c3ccc(C)cc3)C2=O)cc(Br)c1OCc1ccc(Cl)cc1Cl. The average molecular weight is 682 g/mol. The molecule has 214 valence electrons. The molecule has 0 N–H and O–H groups in total. The van der Waals surface area contributed by atoms with E-state index in [-0.39, 0.29) is 12.5 Å². The molecule has 1 amide bonds. The first-order valence-electron chi connectivity index (χ1n) is 13.2. The third kappa shape index (κ3) is 7.04. The van der Waals surface area contributed by atoms with E-state index in [0.29, 0.717) is 42.7 Å². The quantitative estimate of drug-likeness (QED) is 0.174. The summed E-state index contributed by atoms with van der Waals surface area (Å²) in [5, 5.41) is 1.67. The highest BCUT2D eigenvalue weighted by molar-refractivity contribution is 9.10. The first-order valence-corrected chi connectivity index (χ1v) is 15.6. The van der Waals surface area contributed by atoms with Crippen LogP contribution < -0.4 is 14.4 Å². The summed E-state index contributed by atoms with van der Waals surface area (Å²) in [5.41, 5.74) is 5.36. The third-order valence-corrected chi connectivity index (χ3v) is 8.52. The number of hydrogen-bond donors (Lipinski definition) is 0. The molecular weight excluding hydrogens is 655 g/mol. The fraction of sp³-hybridized carbons (Fsp3) is 0.152. The lowest BCUT2D eigenvalue weighted by molar-refractivity contribution is -0.113. The second kappa shape index (κ2) is 13.4. The smallest absolute Gasteiger partial charge is 0.271 e. The third-order valence-electron chi connectivity index (χ3n) is 6.37. The highest BCUT2D eigenvalue weighted by Crippen LogP contribution is 2.41. The molecule has 0 aromatic heterocycles. The zero-order valence-corrected chi connectivity index (χ0v) is 27.1. The molecule has 0 aliphatic carbocycles. The Morgan fingerprint density at radius 2 is 1.62 bits per heavy atom. The van der Waals surface area contributed by atoms with Crippen LogP contribution in [0.25, 0.3) is 6.08 Å². The van der Waals surface area contributed by atoms with Gasteiger partial charge in [-0.3, -0.25) is 9.69 Å². The molecule has 1 heterocycles. The number of amidine groups is 1. The van der Waals surface area contributed by atoms with Crippen LogP contribution in [0, 0.1) is 13.8 Å². The van der Waals surface area contributed by atoms with Gasteiger partial charge in [-0.25, -0.2) is 4.99 Å². The normalized spacial score (nSPS) is 15.1. The van der Waals surface area contributed by atoms with Crippen LogP contribution in [-0.4, -0.2) is 17.7 Å². The van der Waals surface area contributed by atoms with Crippen molar-refractivity contribution in [3.8, 4) is 11.5 Å². The van der Waals surface area contributed by atoms with Gasteiger partial charge in [-0.15, -0.1) is 0 Å². The zero-order chi connectivity index (χ0) is 29.8. The van der Waals surface area contributed by atoms with Gasteiger partial charge in [0, 0.05) is 15.6 Å². The van der Waals surface area contributed by atoms with Crippen molar-refractivity contribution in [3.05, 3.63) is 121 Å². The van der Waals surface area contributed by atoms with Gasteiger partial charge in [0.2, 0.25) is 0 Å². The van der Waals surface area contributed by atoms with Gasteiger partial charge in [-0.05, 0) is 109 Å². The highest BCUT2D eigenvalue weighted by Gasteiger charge is 2.35. The van der Waals surface area contributed by atoms with Crippen molar-refractivity contribution in [2.45, 2.75) is 27.4 Å². The lowest BCUT2D eigenvalue weighted by Crippen LogP contribution is -2.28. The minimum atomic E-state index is -0.151. The van der Waals surface area contributed by atoms with Crippen LogP contribution in [0.2, 0.25) is 10.0 Å². The molecule has 0 unspecified atom stereocenters. The van der Waals surface area contributed by atoms with Crippen LogP contribution >= 0.6 is 50.9 Å². The summed E-state index contributed by atoms with van der Waals surface area (Å²) < 4.78 is 12.7. The molecule has 4 aromatic rings. The number of aryl methyl sites for hydroxylation is 2. The summed E-state index contributed by atoms with van der Waals surface area (Å²) in [6.07, 6.45) is 1.85. The van der Waals surface area contributed by atoms with Gasteiger partial charge in [0.15, 0.2) is 16.7 Å². The number of carbonyl (C=O) groups is 1. The molecule has 4 aromatic carbocycles. The average Bonchev–Trinajstić information content (AvgIpc) is 3.25. The number of thioether (sulfide) groups is 1. The summed E-state index contributed by atoms with van der Waals surface area (Å²) in [6, 6.07) is 24.8. The molecule has 5 nitrogen and oxygen atoms in total. The van der Waals surface area contributed by atoms with E-state index in [4.69, 9.17) is 37.7 Å². The first-order chi connectivity index (χ1) is 20.2. The number of nitrogens with zero attached hydrogens (tertiary/aromatic N) is 2. The van der Waals surface area contributed by atoms with Crippen molar-refractivity contribution in [2.24, 2.45) is 4.99 Å². The Hall–Kier alpha value is -3.23. The van der Waals surface area contributed by atoms with Crippen LogP contribution in [0.3, 0.4) is 0 Å². The van der Waals surface area contributed by atoms with Crippen molar-refractivity contribution in [1.29, 1.82) is 0 Å². The van der Waals surface area contributed by atoms with Crippen LogP contribution in [0.4, 0.5) is 11.4 Å². The van der Waals surface area contributed by atoms with Crippen molar-refractivity contribution >= 4 is 79.4 Å². The summed E-state index contributed by atoms with van der Waals surface area (Å²) in [5.74, 6) is 0.933. The van der Waals surface area contributed by atoms with E-state index >= 15 is 0 Å². The van der Waals surface area contributed by atoms with Crippen LogP contribution in [-0.2, 0) is 11.4 Å². The monoisotopic (exact) mass is 680 g/mol. The van der Waals surface area contributed by atoms with Crippen molar-refractivity contribution in [3.63, 3.8) is 0 Å². The summed E-state index contributed by atoms with van der Waals surface area (Å²) >= 11 is 17.3. The highest BCUT2D eigenvalue weighted by atomic mass is 79.9. The molecule has 0 radical (unpaired) electrons. The molecule has 1 fully saturated rings. The number of hydrogen-bond acceptors (Lipinski definition) is 5. The van der Waals surface area contributed by atoms with Gasteiger partial charge in [0.25, 0.3) is 5.91 Å². The Balaban J connectivity index is 1.48. The fourth-order valence-electron chi connectivity index (χ4n) is 4.21. The van der Waals surface area contributed by atoms with Crippen molar-refractivity contribution < 1.29 is 14.3 Å². The molecule has 9 heteroatoms. The molecule has 42 heavy (non-hydrogen) atoms. The fourth-order valence-corrected chi connectivity index (χ4v) is 6.25. The minimum absolute atomic E-state index is 0.151. The Kier molecular flexibility index (Phi) is 9.63. The maximum absolute atomic E-state index is 13.8. The lowest BCUT2D eigenvalue weighted by Gasteiger charge is -2.16. The molecular formula is C33H27BrCl2N2O3S. The van der Waals surface area contributed by atoms with Gasteiger partial charge in [-0.1, -0.05) is 64.7 Å². The largest absolute Gasteiger partial charge is 0.490 e. The van der Waals surface area contributed by atoms with Crippen LogP contribution in [0.1, 0.15) is 29.2 Å². The molecule has 1 aliphatic rings. The van der Waals surface area contributed by atoms with Crippen LogP contribution in [0.5, 0.6) is 11.5 Å². The standard InChI is InChI=1S/C33H27BrCl2N2O3S/c1-4-40-29-16-22(15-27(34)31(29)41-19-23-9-10-24(35)18-28(23)36)17-30-32(39)38(26-13-7-21(3)8-14-26)33(42-30)37-25-11-5-20(2)6-12-25/h5-18H,4,19H2,1-3H3/b30-17-,37-33?. The molecule has 1 aliphatic heterocycles. The Morgan fingerprint density at radius 3 is 2.29 bits per heavy atom. The maximum Gasteiger partial charge on any atom is 0.271 e. The van der Waals surface area contributed by atoms with E-state index in [1.54, 1.807) is 17.0 Å². The van der Waals surface area contributed by atoms with Crippen molar-refractivity contribution in [2.75, 3.05) is 11.5 Å². The Morgan fingerprint density at radius 1 is 0.929 bits per heavy atom. The summed E-state index contributed by atoms with van der Waals surface area (Å²) in [4.78, 5) is 20.8. The number of halogens is 3.